The van der Waals surface area contributed by atoms with Crippen molar-refractivity contribution in [1.82, 2.24) is 9.78 Å². The largest absolute Gasteiger partial charge is 0.379 e. The van der Waals surface area contributed by atoms with E-state index in [0.29, 0.717) is 0 Å². The summed E-state index contributed by atoms with van der Waals surface area (Å²) in [4.78, 5) is 1.28. The second-order valence-corrected chi connectivity index (χ2v) is 5.92. The third-order valence-electron chi connectivity index (χ3n) is 3.00. The van der Waals surface area contributed by atoms with Gasteiger partial charge in [0.2, 0.25) is 0 Å². The van der Waals surface area contributed by atoms with Crippen LogP contribution in [0.3, 0.4) is 0 Å². The highest BCUT2D eigenvalue weighted by molar-refractivity contribution is 9.10. The molecule has 1 heterocycles. The summed E-state index contributed by atoms with van der Waals surface area (Å²) in [5.41, 5.74) is 3.36. The summed E-state index contributed by atoms with van der Waals surface area (Å²) in [6, 6.07) is 8.48. The Balaban J connectivity index is 2.09. The molecular formula is C14H18BrN3S. The van der Waals surface area contributed by atoms with E-state index in [9.17, 15) is 0 Å². The first-order valence-electron chi connectivity index (χ1n) is 6.25. The van der Waals surface area contributed by atoms with Crippen molar-refractivity contribution in [1.29, 1.82) is 0 Å². The van der Waals surface area contributed by atoms with Crippen molar-refractivity contribution in [3.05, 3.63) is 40.1 Å². The van der Waals surface area contributed by atoms with Crippen LogP contribution in [0, 0.1) is 6.92 Å². The fraction of sp³-hybridized carbons (Fsp3) is 0.357. The van der Waals surface area contributed by atoms with Crippen molar-refractivity contribution in [3.63, 3.8) is 0 Å². The van der Waals surface area contributed by atoms with Gasteiger partial charge in [-0.3, -0.25) is 4.68 Å². The Kier molecular flexibility index (Phi) is 4.93. The summed E-state index contributed by atoms with van der Waals surface area (Å²) in [7, 11) is 0. The fourth-order valence-corrected chi connectivity index (χ4v) is 2.76. The van der Waals surface area contributed by atoms with Gasteiger partial charge in [0.25, 0.3) is 0 Å². The molecule has 0 aliphatic heterocycles. The van der Waals surface area contributed by atoms with E-state index in [1.807, 2.05) is 11.6 Å². The van der Waals surface area contributed by atoms with Crippen LogP contribution in [0.5, 0.6) is 0 Å². The molecule has 0 spiro atoms. The zero-order valence-electron chi connectivity index (χ0n) is 11.4. The van der Waals surface area contributed by atoms with Crippen molar-refractivity contribution in [2.45, 2.75) is 31.8 Å². The summed E-state index contributed by atoms with van der Waals surface area (Å²) in [5.74, 6) is 0. The molecule has 2 rings (SSSR count). The summed E-state index contributed by atoms with van der Waals surface area (Å²) in [5, 5.41) is 7.94. The molecule has 0 aliphatic carbocycles. The molecule has 0 saturated heterocycles. The van der Waals surface area contributed by atoms with Crippen LogP contribution >= 0.6 is 27.7 Å². The van der Waals surface area contributed by atoms with Gasteiger partial charge < -0.3 is 5.32 Å². The first-order chi connectivity index (χ1) is 9.15. The number of hydrogen-bond acceptors (Lipinski definition) is 3. The van der Waals surface area contributed by atoms with Crippen molar-refractivity contribution in [2.75, 3.05) is 11.6 Å². The van der Waals surface area contributed by atoms with Gasteiger partial charge in [0, 0.05) is 17.1 Å². The van der Waals surface area contributed by atoms with Gasteiger partial charge in [0.1, 0.15) is 0 Å². The van der Waals surface area contributed by atoms with Crippen molar-refractivity contribution in [3.8, 4) is 0 Å². The van der Waals surface area contributed by atoms with Gasteiger partial charge in [-0.1, -0.05) is 0 Å². The van der Waals surface area contributed by atoms with E-state index in [0.717, 1.165) is 28.9 Å². The molecule has 0 fully saturated rings. The topological polar surface area (TPSA) is 29.9 Å². The first kappa shape index (κ1) is 14.5. The molecule has 0 bridgehead atoms. The average molecular weight is 340 g/mol. The van der Waals surface area contributed by atoms with Crippen molar-refractivity contribution < 1.29 is 0 Å². The summed E-state index contributed by atoms with van der Waals surface area (Å²) < 4.78 is 3.13. The van der Waals surface area contributed by atoms with E-state index in [1.165, 1.54) is 10.6 Å². The molecule has 0 radical (unpaired) electrons. The Morgan fingerprint density at radius 3 is 2.58 bits per heavy atom. The molecule has 0 atom stereocenters. The molecule has 19 heavy (non-hydrogen) atoms. The molecule has 2 aromatic rings. The molecule has 0 amide bonds. The molecular weight excluding hydrogens is 322 g/mol. The molecule has 0 unspecified atom stereocenters. The molecule has 5 heteroatoms. The number of thioether (sulfide) groups is 1. The molecule has 102 valence electrons. The minimum atomic E-state index is 0.772. The van der Waals surface area contributed by atoms with Crippen LogP contribution in [0.25, 0.3) is 0 Å². The van der Waals surface area contributed by atoms with E-state index in [2.05, 4.69) is 63.8 Å². The minimum Gasteiger partial charge on any atom is -0.379 e. The number of hydrogen-bond donors (Lipinski definition) is 1. The Bertz CT molecular complexity index is 549. The third kappa shape index (κ3) is 3.34. The van der Waals surface area contributed by atoms with Crippen LogP contribution in [0.2, 0.25) is 0 Å². The van der Waals surface area contributed by atoms with Gasteiger partial charge in [-0.05, 0) is 60.3 Å². The maximum atomic E-state index is 4.49. The number of rotatable bonds is 5. The highest BCUT2D eigenvalue weighted by atomic mass is 79.9. The second-order valence-electron chi connectivity index (χ2n) is 4.24. The third-order valence-corrected chi connectivity index (χ3v) is 4.78. The number of benzene rings is 1. The van der Waals surface area contributed by atoms with Crippen LogP contribution in [0.15, 0.2) is 33.6 Å². The Morgan fingerprint density at radius 1 is 1.32 bits per heavy atom. The van der Waals surface area contributed by atoms with Gasteiger partial charge in [0.05, 0.1) is 22.4 Å². The normalized spacial score (nSPS) is 10.7. The molecule has 1 N–H and O–H groups in total. The minimum absolute atomic E-state index is 0.772. The number of nitrogens with zero attached hydrogens (tertiary/aromatic N) is 2. The molecule has 1 aromatic carbocycles. The molecule has 0 saturated carbocycles. The lowest BCUT2D eigenvalue weighted by Crippen LogP contribution is -2.08. The van der Waals surface area contributed by atoms with E-state index >= 15 is 0 Å². The van der Waals surface area contributed by atoms with Gasteiger partial charge in [-0.2, -0.15) is 5.10 Å². The average Bonchev–Trinajstić information content (AvgIpc) is 2.72. The predicted molar refractivity (Wildman–Crippen MR) is 85.9 cm³/mol. The first-order valence-corrected chi connectivity index (χ1v) is 8.27. The van der Waals surface area contributed by atoms with E-state index in [4.69, 9.17) is 0 Å². The maximum Gasteiger partial charge on any atom is 0.0739 e. The highest BCUT2D eigenvalue weighted by Crippen LogP contribution is 2.23. The van der Waals surface area contributed by atoms with Crippen molar-refractivity contribution in [2.24, 2.45) is 0 Å². The highest BCUT2D eigenvalue weighted by Gasteiger charge is 2.11. The summed E-state index contributed by atoms with van der Waals surface area (Å²) in [6.07, 6.45) is 2.09. The number of aryl methyl sites for hydroxylation is 2. The summed E-state index contributed by atoms with van der Waals surface area (Å²) in [6.45, 7) is 5.78. The molecule has 0 aliphatic rings. The Labute approximate surface area is 126 Å². The Hall–Kier alpha value is -0.940. The summed E-state index contributed by atoms with van der Waals surface area (Å²) >= 11 is 5.37. The number of aromatic nitrogens is 2. The van der Waals surface area contributed by atoms with Gasteiger partial charge >= 0.3 is 0 Å². The van der Waals surface area contributed by atoms with Crippen LogP contribution in [0.1, 0.15) is 18.3 Å². The van der Waals surface area contributed by atoms with E-state index < -0.39 is 0 Å². The number of nitrogens with one attached hydrogen (secondary N) is 1. The van der Waals surface area contributed by atoms with Gasteiger partial charge in [-0.15, -0.1) is 11.8 Å². The zero-order valence-corrected chi connectivity index (χ0v) is 13.8. The monoisotopic (exact) mass is 339 g/mol. The van der Waals surface area contributed by atoms with Crippen molar-refractivity contribution >= 4 is 33.4 Å². The van der Waals surface area contributed by atoms with Crippen LogP contribution in [0.4, 0.5) is 5.69 Å². The molecule has 1 aromatic heterocycles. The zero-order chi connectivity index (χ0) is 13.8. The lowest BCUT2D eigenvalue weighted by atomic mass is 10.3. The van der Waals surface area contributed by atoms with Crippen LogP contribution < -0.4 is 5.32 Å². The smallest absolute Gasteiger partial charge is 0.0739 e. The van der Waals surface area contributed by atoms with Crippen LogP contribution in [-0.2, 0) is 13.1 Å². The van der Waals surface area contributed by atoms with E-state index in [-0.39, 0.29) is 0 Å². The van der Waals surface area contributed by atoms with Gasteiger partial charge in [-0.25, -0.2) is 0 Å². The standard InChI is InChI=1S/C14H18BrN3S/c1-4-18-13(14(15)10(2)17-18)9-16-11-5-7-12(19-3)8-6-11/h5-8,16H,4,9H2,1-3H3. The van der Waals surface area contributed by atoms with Gasteiger partial charge in [0.15, 0.2) is 0 Å². The number of halogens is 1. The quantitative estimate of drug-likeness (QED) is 0.823. The second kappa shape index (κ2) is 6.48. The predicted octanol–water partition coefficient (Wildman–Crippen LogP) is 4.31. The number of anilines is 1. The lowest BCUT2D eigenvalue weighted by Gasteiger charge is -2.09. The fourth-order valence-electron chi connectivity index (χ4n) is 1.93. The van der Waals surface area contributed by atoms with Crippen LogP contribution in [-0.4, -0.2) is 16.0 Å². The molecule has 3 nitrogen and oxygen atoms in total. The Morgan fingerprint density at radius 2 is 2.00 bits per heavy atom. The maximum absolute atomic E-state index is 4.49. The lowest BCUT2D eigenvalue weighted by molar-refractivity contribution is 0.622. The SMILES string of the molecule is CCn1nc(C)c(Br)c1CNc1ccc(SC)cc1. The van der Waals surface area contributed by atoms with E-state index in [1.54, 1.807) is 11.8 Å².